The first-order chi connectivity index (χ1) is 13.8. The van der Waals surface area contributed by atoms with Gasteiger partial charge in [0.05, 0.1) is 39.6 Å². The van der Waals surface area contributed by atoms with Gasteiger partial charge >= 0.3 is 0 Å². The fraction of sp³-hybridized carbons (Fsp3) is 0.667. The number of nitrogens with one attached hydrogen (secondary N) is 2. The molecule has 0 bridgehead atoms. The van der Waals surface area contributed by atoms with E-state index in [4.69, 9.17) is 23.9 Å². The molecule has 0 atom stereocenters. The minimum Gasteiger partial charge on any atom is -0.493 e. The van der Waals surface area contributed by atoms with Crippen LogP contribution in [0, 0.1) is 0 Å². The van der Waals surface area contributed by atoms with E-state index in [1.54, 1.807) is 14.2 Å². The molecule has 0 amide bonds. The van der Waals surface area contributed by atoms with Crippen molar-refractivity contribution < 1.29 is 18.9 Å². The number of ether oxygens (including phenoxy) is 4. The second kappa shape index (κ2) is 13.2. The summed E-state index contributed by atoms with van der Waals surface area (Å²) in [5.41, 5.74) is 1.03. The summed E-state index contributed by atoms with van der Waals surface area (Å²) in [5, 5.41) is 6.55. The first-order valence-corrected chi connectivity index (χ1v) is 10.2. The van der Waals surface area contributed by atoms with Crippen molar-refractivity contribution >= 4 is 5.96 Å². The molecule has 1 saturated carbocycles. The van der Waals surface area contributed by atoms with E-state index in [1.807, 2.05) is 25.1 Å². The summed E-state index contributed by atoms with van der Waals surface area (Å²) in [6.45, 7) is 5.83. The summed E-state index contributed by atoms with van der Waals surface area (Å²) in [7, 11) is 3.35. The van der Waals surface area contributed by atoms with E-state index in [-0.39, 0.29) is 6.10 Å². The van der Waals surface area contributed by atoms with E-state index in [2.05, 4.69) is 10.6 Å². The summed E-state index contributed by atoms with van der Waals surface area (Å²) in [5.74, 6) is 2.34. The zero-order valence-corrected chi connectivity index (χ0v) is 17.5. The zero-order chi connectivity index (χ0) is 20.0. The molecule has 7 heteroatoms. The van der Waals surface area contributed by atoms with Gasteiger partial charge in [-0.05, 0) is 38.7 Å². The molecule has 0 spiro atoms. The molecule has 0 aromatic heterocycles. The Balaban J connectivity index is 1.97. The lowest BCUT2D eigenvalue weighted by molar-refractivity contribution is 0.0733. The second-order valence-electron chi connectivity index (χ2n) is 6.70. The predicted molar refractivity (Wildman–Crippen MR) is 111 cm³/mol. The van der Waals surface area contributed by atoms with Crippen LogP contribution < -0.4 is 20.1 Å². The maximum atomic E-state index is 6.29. The summed E-state index contributed by atoms with van der Waals surface area (Å²) in [4.78, 5) is 4.71. The lowest BCUT2D eigenvalue weighted by atomic mass is 10.1. The number of guanidine groups is 1. The molecule has 0 aliphatic heterocycles. The van der Waals surface area contributed by atoms with Gasteiger partial charge in [-0.15, -0.1) is 0 Å². The van der Waals surface area contributed by atoms with E-state index in [9.17, 15) is 0 Å². The van der Waals surface area contributed by atoms with Crippen LogP contribution in [0.1, 0.15) is 38.2 Å². The Labute approximate surface area is 168 Å². The average Bonchev–Trinajstić information content (AvgIpc) is 3.22. The molecule has 2 rings (SSSR count). The van der Waals surface area contributed by atoms with E-state index in [0.717, 1.165) is 42.4 Å². The summed E-state index contributed by atoms with van der Waals surface area (Å²) < 4.78 is 22.3. The number of nitrogens with zero attached hydrogens (tertiary/aromatic N) is 1. The highest BCUT2D eigenvalue weighted by atomic mass is 16.5. The van der Waals surface area contributed by atoms with Crippen LogP contribution in [0.3, 0.4) is 0 Å². The Morgan fingerprint density at radius 3 is 2.64 bits per heavy atom. The molecule has 1 aliphatic rings. The van der Waals surface area contributed by atoms with Gasteiger partial charge in [-0.1, -0.05) is 12.1 Å². The van der Waals surface area contributed by atoms with Crippen LogP contribution in [0.4, 0.5) is 0 Å². The number of para-hydroxylation sites is 1. The Morgan fingerprint density at radius 2 is 1.93 bits per heavy atom. The van der Waals surface area contributed by atoms with Crippen LogP contribution in [-0.2, 0) is 16.0 Å². The molecule has 1 aromatic rings. The molecular formula is C21H35N3O4. The van der Waals surface area contributed by atoms with Crippen molar-refractivity contribution in [2.24, 2.45) is 4.99 Å². The van der Waals surface area contributed by atoms with Crippen molar-refractivity contribution in [3.05, 3.63) is 23.8 Å². The maximum absolute atomic E-state index is 6.29. The highest BCUT2D eigenvalue weighted by Gasteiger charge is 2.20. The lowest BCUT2D eigenvalue weighted by Crippen LogP contribution is -2.39. The topological polar surface area (TPSA) is 73.3 Å². The molecule has 0 heterocycles. The standard InChI is InChI=1S/C21H35N3O4/c1-4-22-21(23-12-13-27-15-14-25-2)24-16-17-8-7-11-19(26-3)20(17)28-18-9-5-6-10-18/h7-8,11,18H,4-6,9-10,12-16H2,1-3H3,(H2,22,23,24). The Hall–Kier alpha value is -1.99. The predicted octanol–water partition coefficient (Wildman–Crippen LogP) is 2.73. The number of rotatable bonds is 12. The molecule has 1 fully saturated rings. The third kappa shape index (κ3) is 7.56. The Kier molecular flexibility index (Phi) is 10.5. The SMILES string of the molecule is CCNC(=NCc1cccc(OC)c1OC1CCCC1)NCCOCCOC. The fourth-order valence-electron chi connectivity index (χ4n) is 3.15. The summed E-state index contributed by atoms with van der Waals surface area (Å²) >= 11 is 0. The molecular weight excluding hydrogens is 358 g/mol. The van der Waals surface area contributed by atoms with Gasteiger partial charge in [0.15, 0.2) is 17.5 Å². The lowest BCUT2D eigenvalue weighted by Gasteiger charge is -2.19. The van der Waals surface area contributed by atoms with Crippen LogP contribution in [0.2, 0.25) is 0 Å². The minimum atomic E-state index is 0.273. The monoisotopic (exact) mass is 393 g/mol. The minimum absolute atomic E-state index is 0.273. The van der Waals surface area contributed by atoms with Gasteiger partial charge in [0, 0.05) is 25.8 Å². The summed E-state index contributed by atoms with van der Waals surface area (Å²) in [6.07, 6.45) is 4.94. The third-order valence-corrected chi connectivity index (χ3v) is 4.59. The molecule has 0 radical (unpaired) electrons. The van der Waals surface area contributed by atoms with Crippen LogP contribution in [-0.4, -0.2) is 59.2 Å². The number of hydrogen-bond acceptors (Lipinski definition) is 5. The fourth-order valence-corrected chi connectivity index (χ4v) is 3.15. The van der Waals surface area contributed by atoms with Gasteiger partial charge in [0.25, 0.3) is 0 Å². The molecule has 0 saturated heterocycles. The second-order valence-corrected chi connectivity index (χ2v) is 6.70. The zero-order valence-electron chi connectivity index (χ0n) is 17.5. The van der Waals surface area contributed by atoms with Gasteiger partial charge in [-0.2, -0.15) is 0 Å². The van der Waals surface area contributed by atoms with E-state index < -0.39 is 0 Å². The van der Waals surface area contributed by atoms with Gasteiger partial charge < -0.3 is 29.6 Å². The van der Waals surface area contributed by atoms with Crippen LogP contribution >= 0.6 is 0 Å². The Bertz CT molecular complexity index is 589. The van der Waals surface area contributed by atoms with Crippen LogP contribution in [0.15, 0.2) is 23.2 Å². The number of methoxy groups -OCH3 is 2. The van der Waals surface area contributed by atoms with Crippen molar-refractivity contribution in [3.8, 4) is 11.5 Å². The number of hydrogen-bond donors (Lipinski definition) is 2. The van der Waals surface area contributed by atoms with Crippen molar-refractivity contribution in [3.63, 3.8) is 0 Å². The van der Waals surface area contributed by atoms with Gasteiger partial charge in [-0.3, -0.25) is 0 Å². The van der Waals surface area contributed by atoms with Crippen molar-refractivity contribution in [2.45, 2.75) is 45.3 Å². The van der Waals surface area contributed by atoms with Crippen molar-refractivity contribution in [1.29, 1.82) is 0 Å². The maximum Gasteiger partial charge on any atom is 0.191 e. The van der Waals surface area contributed by atoms with Gasteiger partial charge in [0.1, 0.15) is 0 Å². The van der Waals surface area contributed by atoms with E-state index in [1.165, 1.54) is 12.8 Å². The highest BCUT2D eigenvalue weighted by molar-refractivity contribution is 5.79. The third-order valence-electron chi connectivity index (χ3n) is 4.59. The van der Waals surface area contributed by atoms with Crippen molar-refractivity contribution in [2.75, 3.05) is 47.1 Å². The summed E-state index contributed by atoms with van der Waals surface area (Å²) in [6, 6.07) is 5.97. The van der Waals surface area contributed by atoms with Crippen LogP contribution in [0.25, 0.3) is 0 Å². The smallest absolute Gasteiger partial charge is 0.191 e. The molecule has 1 aromatic carbocycles. The number of benzene rings is 1. The van der Waals surface area contributed by atoms with E-state index >= 15 is 0 Å². The molecule has 7 nitrogen and oxygen atoms in total. The first kappa shape index (κ1) is 22.3. The normalized spacial score (nSPS) is 14.9. The molecule has 28 heavy (non-hydrogen) atoms. The molecule has 2 N–H and O–H groups in total. The molecule has 158 valence electrons. The van der Waals surface area contributed by atoms with Gasteiger partial charge in [-0.25, -0.2) is 4.99 Å². The Morgan fingerprint density at radius 1 is 1.11 bits per heavy atom. The van der Waals surface area contributed by atoms with E-state index in [0.29, 0.717) is 32.9 Å². The average molecular weight is 394 g/mol. The molecule has 0 unspecified atom stereocenters. The van der Waals surface area contributed by atoms with Crippen LogP contribution in [0.5, 0.6) is 11.5 Å². The largest absolute Gasteiger partial charge is 0.493 e. The number of aliphatic imine (C=N–C) groups is 1. The quantitative estimate of drug-likeness (QED) is 0.323. The van der Waals surface area contributed by atoms with Gasteiger partial charge in [0.2, 0.25) is 0 Å². The highest BCUT2D eigenvalue weighted by Crippen LogP contribution is 2.35. The first-order valence-electron chi connectivity index (χ1n) is 10.2. The van der Waals surface area contributed by atoms with Crippen molar-refractivity contribution in [1.82, 2.24) is 10.6 Å². The molecule has 1 aliphatic carbocycles.